The van der Waals surface area contributed by atoms with Gasteiger partial charge >= 0.3 is 0 Å². The van der Waals surface area contributed by atoms with Crippen LogP contribution in [0.15, 0.2) is 23.2 Å². The van der Waals surface area contributed by atoms with Gasteiger partial charge in [-0.15, -0.1) is 24.0 Å². The molecule has 0 bridgehead atoms. The standard InChI is InChI=1S/C18H32N6O2S.HI/c1-14-7-6-8-16(21-14)24-11-9-15(10-12-24)22-17(19-4)20-13-18(2,3)23-27(5,25)26;/h6-8,15,23H,9-13H2,1-5H3,(H2,19,20,22);1H. The highest BCUT2D eigenvalue weighted by Crippen LogP contribution is 2.18. The second-order valence-electron chi connectivity index (χ2n) is 7.73. The summed E-state index contributed by atoms with van der Waals surface area (Å²) in [5.41, 5.74) is 0.425. The number of pyridine rings is 1. The molecule has 0 saturated carbocycles. The zero-order valence-corrected chi connectivity index (χ0v) is 20.5. The molecular formula is C18H33IN6O2S. The van der Waals surface area contributed by atoms with Crippen LogP contribution in [-0.2, 0) is 10.0 Å². The summed E-state index contributed by atoms with van der Waals surface area (Å²) in [6.45, 7) is 7.99. The van der Waals surface area contributed by atoms with Gasteiger partial charge in [0.1, 0.15) is 5.82 Å². The number of halogens is 1. The van der Waals surface area contributed by atoms with Crippen molar-refractivity contribution in [3.8, 4) is 0 Å². The van der Waals surface area contributed by atoms with Gasteiger partial charge < -0.3 is 15.5 Å². The Balaban J connectivity index is 0.00000392. The minimum absolute atomic E-state index is 0. The summed E-state index contributed by atoms with van der Waals surface area (Å²) in [6.07, 6.45) is 3.14. The molecule has 0 aliphatic carbocycles. The molecule has 1 aliphatic rings. The fraction of sp³-hybridized carbons (Fsp3) is 0.667. The number of nitrogens with one attached hydrogen (secondary N) is 3. The van der Waals surface area contributed by atoms with E-state index in [4.69, 9.17) is 0 Å². The fourth-order valence-corrected chi connectivity index (χ4v) is 4.26. The zero-order valence-electron chi connectivity index (χ0n) is 17.3. The first-order valence-electron chi connectivity index (χ1n) is 9.23. The monoisotopic (exact) mass is 524 g/mol. The molecule has 0 atom stereocenters. The van der Waals surface area contributed by atoms with Gasteiger partial charge in [-0.25, -0.2) is 18.1 Å². The van der Waals surface area contributed by atoms with Crippen molar-refractivity contribution in [3.05, 3.63) is 23.9 Å². The van der Waals surface area contributed by atoms with Crippen molar-refractivity contribution < 1.29 is 8.42 Å². The van der Waals surface area contributed by atoms with Crippen LogP contribution in [0.5, 0.6) is 0 Å². The van der Waals surface area contributed by atoms with E-state index in [1.807, 2.05) is 32.9 Å². The minimum Gasteiger partial charge on any atom is -0.356 e. The topological polar surface area (TPSA) is 98.7 Å². The zero-order chi connectivity index (χ0) is 20.1. The molecule has 0 spiro atoms. The number of guanidine groups is 1. The third-order valence-corrected chi connectivity index (χ3v) is 5.34. The van der Waals surface area contributed by atoms with E-state index in [-0.39, 0.29) is 24.0 Å². The lowest BCUT2D eigenvalue weighted by Crippen LogP contribution is -2.55. The fourth-order valence-electron chi connectivity index (χ4n) is 3.19. The molecule has 3 N–H and O–H groups in total. The van der Waals surface area contributed by atoms with Crippen LogP contribution in [-0.4, -0.2) is 63.9 Å². The smallest absolute Gasteiger partial charge is 0.209 e. The van der Waals surface area contributed by atoms with Crippen LogP contribution in [0.2, 0.25) is 0 Å². The van der Waals surface area contributed by atoms with Crippen molar-refractivity contribution >= 4 is 45.8 Å². The summed E-state index contributed by atoms with van der Waals surface area (Å²) in [7, 11) is -1.54. The highest BCUT2D eigenvalue weighted by Gasteiger charge is 2.24. The predicted molar refractivity (Wildman–Crippen MR) is 126 cm³/mol. The van der Waals surface area contributed by atoms with Crippen molar-refractivity contribution in [2.24, 2.45) is 4.99 Å². The molecule has 0 aromatic carbocycles. The van der Waals surface area contributed by atoms with Gasteiger partial charge in [0.05, 0.1) is 6.26 Å². The summed E-state index contributed by atoms with van der Waals surface area (Å²) in [5, 5.41) is 6.65. The van der Waals surface area contributed by atoms with Crippen molar-refractivity contribution in [1.82, 2.24) is 20.3 Å². The second-order valence-corrected chi connectivity index (χ2v) is 9.48. The van der Waals surface area contributed by atoms with Crippen LogP contribution in [0.25, 0.3) is 0 Å². The molecule has 2 rings (SSSR count). The first-order valence-corrected chi connectivity index (χ1v) is 11.1. The maximum absolute atomic E-state index is 11.5. The highest BCUT2D eigenvalue weighted by atomic mass is 127. The van der Waals surface area contributed by atoms with Gasteiger partial charge in [0.25, 0.3) is 0 Å². The van der Waals surface area contributed by atoms with Crippen LogP contribution >= 0.6 is 24.0 Å². The molecule has 1 saturated heterocycles. The molecule has 1 aromatic heterocycles. The third kappa shape index (κ3) is 8.48. The van der Waals surface area contributed by atoms with Crippen LogP contribution in [0.3, 0.4) is 0 Å². The summed E-state index contributed by atoms with van der Waals surface area (Å²) < 4.78 is 25.5. The van der Waals surface area contributed by atoms with E-state index in [2.05, 4.69) is 36.3 Å². The van der Waals surface area contributed by atoms with Gasteiger partial charge in [-0.2, -0.15) is 0 Å². The Kier molecular flexibility index (Phi) is 9.41. The quantitative estimate of drug-likeness (QED) is 0.296. The van der Waals surface area contributed by atoms with Gasteiger partial charge in [0, 0.05) is 44.0 Å². The number of nitrogens with zero attached hydrogens (tertiary/aromatic N) is 3. The number of aromatic nitrogens is 1. The van der Waals surface area contributed by atoms with E-state index in [1.165, 1.54) is 6.26 Å². The Morgan fingerprint density at radius 3 is 2.50 bits per heavy atom. The highest BCUT2D eigenvalue weighted by molar-refractivity contribution is 14.0. The van der Waals surface area contributed by atoms with Crippen molar-refractivity contribution in [1.29, 1.82) is 0 Å². The van der Waals surface area contributed by atoms with Crippen molar-refractivity contribution in [2.45, 2.75) is 45.2 Å². The maximum Gasteiger partial charge on any atom is 0.209 e. The van der Waals surface area contributed by atoms with Gasteiger partial charge in [-0.3, -0.25) is 4.99 Å². The molecule has 10 heteroatoms. The number of rotatable bonds is 6. The Labute approximate surface area is 186 Å². The minimum atomic E-state index is -3.26. The van der Waals surface area contributed by atoms with Gasteiger partial charge in [0.2, 0.25) is 10.0 Å². The lowest BCUT2D eigenvalue weighted by Gasteiger charge is -2.34. The molecule has 160 valence electrons. The number of anilines is 1. The summed E-state index contributed by atoms with van der Waals surface area (Å²) in [5.74, 6) is 1.72. The number of piperidine rings is 1. The molecule has 2 heterocycles. The maximum atomic E-state index is 11.5. The lowest BCUT2D eigenvalue weighted by molar-refractivity contribution is 0.433. The molecular weight excluding hydrogens is 491 g/mol. The normalized spacial score (nSPS) is 16.5. The number of hydrogen-bond acceptors (Lipinski definition) is 5. The van der Waals surface area contributed by atoms with E-state index < -0.39 is 15.6 Å². The molecule has 28 heavy (non-hydrogen) atoms. The first kappa shape index (κ1) is 24.9. The third-order valence-electron chi connectivity index (χ3n) is 4.42. The van der Waals surface area contributed by atoms with Crippen molar-refractivity contribution in [2.75, 3.05) is 37.8 Å². The largest absolute Gasteiger partial charge is 0.356 e. The first-order chi connectivity index (χ1) is 12.6. The van der Waals surface area contributed by atoms with Crippen LogP contribution in [0.4, 0.5) is 5.82 Å². The Morgan fingerprint density at radius 2 is 1.96 bits per heavy atom. The number of sulfonamides is 1. The SMILES string of the molecule is CN=C(NCC(C)(C)NS(C)(=O)=O)NC1CCN(c2cccc(C)n2)CC1.I. The van der Waals surface area contributed by atoms with E-state index in [9.17, 15) is 8.42 Å². The Bertz CT molecular complexity index is 761. The van der Waals surface area contributed by atoms with E-state index in [0.29, 0.717) is 18.5 Å². The van der Waals surface area contributed by atoms with Crippen LogP contribution < -0.4 is 20.3 Å². The summed E-state index contributed by atoms with van der Waals surface area (Å²) >= 11 is 0. The lowest BCUT2D eigenvalue weighted by atomic mass is 10.0. The number of aryl methyl sites for hydroxylation is 1. The summed E-state index contributed by atoms with van der Waals surface area (Å²) in [6, 6.07) is 6.43. The molecule has 8 nitrogen and oxygen atoms in total. The molecule has 0 radical (unpaired) electrons. The van der Waals surface area contributed by atoms with Gasteiger partial charge in [0.15, 0.2) is 5.96 Å². The number of aliphatic imine (C=N–C) groups is 1. The molecule has 1 aromatic rings. The average Bonchev–Trinajstić information content (AvgIpc) is 2.57. The molecule has 1 aliphatic heterocycles. The van der Waals surface area contributed by atoms with Gasteiger partial charge in [-0.05, 0) is 45.7 Å². The summed E-state index contributed by atoms with van der Waals surface area (Å²) in [4.78, 5) is 11.2. The average molecular weight is 524 g/mol. The van der Waals surface area contributed by atoms with Crippen LogP contribution in [0, 0.1) is 6.92 Å². The number of hydrogen-bond donors (Lipinski definition) is 3. The van der Waals surface area contributed by atoms with E-state index >= 15 is 0 Å². The molecule has 0 amide bonds. The van der Waals surface area contributed by atoms with Gasteiger partial charge in [-0.1, -0.05) is 6.07 Å². The Hall–Kier alpha value is -1.14. The predicted octanol–water partition coefficient (Wildman–Crippen LogP) is 1.47. The van der Waals surface area contributed by atoms with E-state index in [1.54, 1.807) is 7.05 Å². The molecule has 0 unspecified atom stereocenters. The molecule has 1 fully saturated rings. The Morgan fingerprint density at radius 1 is 1.32 bits per heavy atom. The van der Waals surface area contributed by atoms with E-state index in [0.717, 1.165) is 37.4 Å². The van der Waals surface area contributed by atoms with Crippen LogP contribution in [0.1, 0.15) is 32.4 Å². The second kappa shape index (κ2) is 10.6. The van der Waals surface area contributed by atoms with Crippen molar-refractivity contribution in [3.63, 3.8) is 0 Å².